The van der Waals surface area contributed by atoms with Crippen molar-refractivity contribution in [2.24, 2.45) is 0 Å². The minimum atomic E-state index is -0.609. The van der Waals surface area contributed by atoms with Crippen molar-refractivity contribution in [1.29, 1.82) is 0 Å². The van der Waals surface area contributed by atoms with Gasteiger partial charge in [-0.15, -0.1) is 10.2 Å². The van der Waals surface area contributed by atoms with Crippen LogP contribution in [0.15, 0.2) is 46.9 Å². The summed E-state index contributed by atoms with van der Waals surface area (Å²) in [6.45, 7) is 1.32. The molecule has 0 radical (unpaired) electrons. The third-order valence-electron chi connectivity index (χ3n) is 3.63. The van der Waals surface area contributed by atoms with Crippen molar-refractivity contribution >= 4 is 23.3 Å². The minimum absolute atomic E-state index is 0.0479. The lowest BCUT2D eigenvalue weighted by Gasteiger charge is -2.07. The van der Waals surface area contributed by atoms with Crippen LogP contribution in [-0.4, -0.2) is 27.7 Å². The van der Waals surface area contributed by atoms with E-state index < -0.39 is 10.9 Å². The fourth-order valence-corrected chi connectivity index (χ4v) is 2.30. The van der Waals surface area contributed by atoms with Crippen LogP contribution in [0.25, 0.3) is 11.5 Å². The Morgan fingerprint density at radius 1 is 1.21 bits per heavy atom. The molecule has 0 amide bonds. The third-order valence-corrected chi connectivity index (χ3v) is 4.06. The van der Waals surface area contributed by atoms with E-state index in [0.717, 1.165) is 5.56 Å². The van der Waals surface area contributed by atoms with Crippen molar-refractivity contribution in [3.05, 3.63) is 69.1 Å². The summed E-state index contributed by atoms with van der Waals surface area (Å²) in [6, 6.07) is 10.7. The predicted molar refractivity (Wildman–Crippen MR) is 97.9 cm³/mol. The summed E-state index contributed by atoms with van der Waals surface area (Å²) >= 11 is 5.93. The van der Waals surface area contributed by atoms with Gasteiger partial charge >= 0.3 is 5.97 Å². The van der Waals surface area contributed by atoms with Gasteiger partial charge in [0.05, 0.1) is 4.92 Å². The van der Waals surface area contributed by atoms with Gasteiger partial charge in [-0.1, -0.05) is 11.6 Å². The summed E-state index contributed by atoms with van der Waals surface area (Å²) in [7, 11) is 0. The zero-order valence-corrected chi connectivity index (χ0v) is 15.4. The van der Waals surface area contributed by atoms with Crippen LogP contribution in [0.4, 0.5) is 5.69 Å². The second kappa shape index (κ2) is 8.49. The van der Waals surface area contributed by atoms with Gasteiger partial charge in [0, 0.05) is 22.7 Å². The maximum Gasteiger partial charge on any atom is 0.344 e. The number of aryl methyl sites for hydroxylation is 1. The van der Waals surface area contributed by atoms with E-state index in [4.69, 9.17) is 25.5 Å². The number of hydrogen-bond acceptors (Lipinski definition) is 8. The van der Waals surface area contributed by atoms with Gasteiger partial charge < -0.3 is 13.9 Å². The standard InChI is InChI=1S/C18H14ClN3O6/c1-11-8-14(6-7-15(11)19)26-10-17(23)27-9-16-20-21-18(28-16)12-2-4-13(5-3-12)22(24)25/h2-8H,9-10H2,1H3. The number of ether oxygens (including phenoxy) is 2. The molecule has 3 aromatic rings. The molecule has 0 aliphatic heterocycles. The molecule has 10 heteroatoms. The number of nitro groups is 1. The number of carbonyl (C=O) groups excluding carboxylic acids is 1. The number of benzene rings is 2. The quantitative estimate of drug-likeness (QED) is 0.332. The molecule has 1 heterocycles. The van der Waals surface area contributed by atoms with Crippen molar-refractivity contribution in [2.75, 3.05) is 6.61 Å². The SMILES string of the molecule is Cc1cc(OCC(=O)OCc2nnc(-c3ccc([N+](=O)[O-])cc3)o2)ccc1Cl. The monoisotopic (exact) mass is 403 g/mol. The van der Waals surface area contributed by atoms with Crippen molar-refractivity contribution in [1.82, 2.24) is 10.2 Å². The normalized spacial score (nSPS) is 10.5. The van der Waals surface area contributed by atoms with Gasteiger partial charge in [0.1, 0.15) is 5.75 Å². The Bertz CT molecular complexity index is 1000. The molecule has 28 heavy (non-hydrogen) atoms. The first-order chi connectivity index (χ1) is 13.4. The molecule has 0 spiro atoms. The van der Waals surface area contributed by atoms with Gasteiger partial charge in [-0.3, -0.25) is 10.1 Å². The molecule has 144 valence electrons. The van der Waals surface area contributed by atoms with Gasteiger partial charge in [-0.25, -0.2) is 4.79 Å². The van der Waals surface area contributed by atoms with E-state index in [1.165, 1.54) is 24.3 Å². The number of halogens is 1. The molecule has 0 aliphatic carbocycles. The summed E-state index contributed by atoms with van der Waals surface area (Å²) in [5.74, 6) is 0.137. The summed E-state index contributed by atoms with van der Waals surface area (Å²) < 4.78 is 15.8. The number of esters is 1. The number of non-ortho nitro benzene ring substituents is 1. The molecule has 1 aromatic heterocycles. The molecule has 0 atom stereocenters. The Morgan fingerprint density at radius 2 is 1.96 bits per heavy atom. The second-order valence-electron chi connectivity index (χ2n) is 5.67. The Balaban J connectivity index is 1.51. The van der Waals surface area contributed by atoms with Crippen molar-refractivity contribution in [3.63, 3.8) is 0 Å². The zero-order chi connectivity index (χ0) is 20.1. The highest BCUT2D eigenvalue weighted by molar-refractivity contribution is 6.31. The average molecular weight is 404 g/mol. The number of carbonyl (C=O) groups is 1. The Hall–Kier alpha value is -3.46. The maximum absolute atomic E-state index is 11.8. The van der Waals surface area contributed by atoms with Crippen molar-refractivity contribution < 1.29 is 23.6 Å². The molecule has 0 saturated heterocycles. The summed E-state index contributed by atoms with van der Waals surface area (Å²) in [4.78, 5) is 22.0. The smallest absolute Gasteiger partial charge is 0.344 e. The van der Waals surface area contributed by atoms with E-state index in [-0.39, 0.29) is 30.7 Å². The number of nitrogens with zero attached hydrogens (tertiary/aromatic N) is 3. The number of rotatable bonds is 7. The van der Waals surface area contributed by atoms with Crippen molar-refractivity contribution in [3.8, 4) is 17.2 Å². The largest absolute Gasteiger partial charge is 0.482 e. The lowest BCUT2D eigenvalue weighted by atomic mass is 10.2. The molecule has 0 saturated carbocycles. The van der Waals surface area contributed by atoms with E-state index in [9.17, 15) is 14.9 Å². The zero-order valence-electron chi connectivity index (χ0n) is 14.6. The minimum Gasteiger partial charge on any atom is -0.482 e. The van der Waals surface area contributed by atoms with Crippen LogP contribution in [0.5, 0.6) is 5.75 Å². The predicted octanol–water partition coefficient (Wildman–Crippen LogP) is 3.73. The first-order valence-corrected chi connectivity index (χ1v) is 8.42. The van der Waals surface area contributed by atoms with Gasteiger partial charge in [-0.05, 0) is 42.8 Å². The first kappa shape index (κ1) is 19.3. The molecule has 2 aromatic carbocycles. The maximum atomic E-state index is 11.8. The third kappa shape index (κ3) is 4.83. The first-order valence-electron chi connectivity index (χ1n) is 8.04. The van der Waals surface area contributed by atoms with E-state index in [1.54, 1.807) is 18.2 Å². The van der Waals surface area contributed by atoms with Gasteiger partial charge in [0.15, 0.2) is 13.2 Å². The molecular formula is C18H14ClN3O6. The molecule has 0 unspecified atom stereocenters. The Labute approximate surface area is 164 Å². The van der Waals surface area contributed by atoms with Crippen molar-refractivity contribution in [2.45, 2.75) is 13.5 Å². The van der Waals surface area contributed by atoms with Crippen LogP contribution >= 0.6 is 11.6 Å². The van der Waals surface area contributed by atoms with Crippen LogP contribution < -0.4 is 4.74 Å². The van der Waals surface area contributed by atoms with Gasteiger partial charge in [0.2, 0.25) is 5.89 Å². The highest BCUT2D eigenvalue weighted by Gasteiger charge is 2.13. The van der Waals surface area contributed by atoms with E-state index in [2.05, 4.69) is 10.2 Å². The van der Waals surface area contributed by atoms with Gasteiger partial charge in [-0.2, -0.15) is 0 Å². The number of aromatic nitrogens is 2. The fraction of sp³-hybridized carbons (Fsp3) is 0.167. The molecule has 0 N–H and O–H groups in total. The molecule has 0 aliphatic rings. The molecular weight excluding hydrogens is 390 g/mol. The lowest BCUT2D eigenvalue weighted by Crippen LogP contribution is -2.14. The molecule has 9 nitrogen and oxygen atoms in total. The second-order valence-corrected chi connectivity index (χ2v) is 6.07. The average Bonchev–Trinajstić information content (AvgIpc) is 3.16. The Morgan fingerprint density at radius 3 is 2.64 bits per heavy atom. The Kier molecular flexibility index (Phi) is 5.85. The fourth-order valence-electron chi connectivity index (χ4n) is 2.19. The lowest BCUT2D eigenvalue weighted by molar-refractivity contribution is -0.384. The summed E-state index contributed by atoms with van der Waals surface area (Å²) in [5, 5.41) is 18.9. The highest BCUT2D eigenvalue weighted by atomic mass is 35.5. The van der Waals surface area contributed by atoms with Crippen LogP contribution in [-0.2, 0) is 16.1 Å². The summed E-state index contributed by atoms with van der Waals surface area (Å²) in [5.41, 5.74) is 1.29. The van der Waals surface area contributed by atoms with E-state index in [1.807, 2.05) is 6.92 Å². The summed E-state index contributed by atoms with van der Waals surface area (Å²) in [6.07, 6.45) is 0. The van der Waals surface area contributed by atoms with Gasteiger partial charge in [0.25, 0.3) is 11.6 Å². The van der Waals surface area contributed by atoms with Crippen LogP contribution in [0.2, 0.25) is 5.02 Å². The van der Waals surface area contributed by atoms with E-state index in [0.29, 0.717) is 16.3 Å². The topological polar surface area (TPSA) is 118 Å². The number of nitro benzene ring substituents is 1. The molecule has 0 fully saturated rings. The number of hydrogen-bond donors (Lipinski definition) is 0. The highest BCUT2D eigenvalue weighted by Crippen LogP contribution is 2.22. The van der Waals surface area contributed by atoms with Crippen LogP contribution in [0.1, 0.15) is 11.5 Å². The van der Waals surface area contributed by atoms with Crippen LogP contribution in [0, 0.1) is 17.0 Å². The molecule has 0 bridgehead atoms. The van der Waals surface area contributed by atoms with E-state index >= 15 is 0 Å². The molecule has 3 rings (SSSR count). The van der Waals surface area contributed by atoms with Crippen LogP contribution in [0.3, 0.4) is 0 Å².